The van der Waals surface area contributed by atoms with Crippen LogP contribution in [0.2, 0.25) is 0 Å². The summed E-state index contributed by atoms with van der Waals surface area (Å²) in [4.78, 5) is 11.3. The van der Waals surface area contributed by atoms with Crippen molar-refractivity contribution in [1.29, 1.82) is 0 Å². The third-order valence-corrected chi connectivity index (χ3v) is 4.97. The predicted octanol–water partition coefficient (Wildman–Crippen LogP) is 3.33. The first-order chi connectivity index (χ1) is 13.0. The topological polar surface area (TPSA) is 95.0 Å². The number of sulfonamides is 1. The van der Waals surface area contributed by atoms with Gasteiger partial charge in [-0.25, -0.2) is 18.2 Å². The van der Waals surface area contributed by atoms with Crippen LogP contribution in [0.1, 0.15) is 21.6 Å². The maximum Gasteiger partial charge on any atom is 0.435 e. The summed E-state index contributed by atoms with van der Waals surface area (Å²) < 4.78 is 64.0. The fraction of sp³-hybridized carbons (Fsp3) is 0.111. The second kappa shape index (κ2) is 6.88. The molecule has 0 spiro atoms. The first-order valence-corrected chi connectivity index (χ1v) is 9.42. The summed E-state index contributed by atoms with van der Waals surface area (Å²) in [6.45, 7) is 1.81. The predicted molar refractivity (Wildman–Crippen MR) is 95.5 cm³/mol. The largest absolute Gasteiger partial charge is 0.435 e. The van der Waals surface area contributed by atoms with Crippen LogP contribution < -0.4 is 5.14 Å². The number of aryl methyl sites for hydroxylation is 1. The number of benzene rings is 2. The Labute approximate surface area is 158 Å². The van der Waals surface area contributed by atoms with Crippen molar-refractivity contribution in [1.82, 2.24) is 9.78 Å². The number of carbonyl (C=O) groups is 1. The van der Waals surface area contributed by atoms with E-state index in [1.165, 1.54) is 12.1 Å². The number of nitrogens with two attached hydrogens (primary N) is 1. The second-order valence-electron chi connectivity index (χ2n) is 6.04. The van der Waals surface area contributed by atoms with Crippen molar-refractivity contribution in [2.75, 3.05) is 0 Å². The molecule has 3 rings (SSSR count). The van der Waals surface area contributed by atoms with Crippen molar-refractivity contribution >= 4 is 16.3 Å². The van der Waals surface area contributed by atoms with Crippen LogP contribution in [0, 0.1) is 6.92 Å². The fourth-order valence-electron chi connectivity index (χ4n) is 2.70. The number of rotatable bonds is 4. The summed E-state index contributed by atoms with van der Waals surface area (Å²) in [6.07, 6.45) is -4.73. The van der Waals surface area contributed by atoms with Crippen LogP contribution in [0.5, 0.6) is 0 Å². The molecule has 0 amide bonds. The van der Waals surface area contributed by atoms with E-state index in [0.29, 0.717) is 5.56 Å². The number of alkyl halides is 3. The summed E-state index contributed by atoms with van der Waals surface area (Å²) in [6, 6.07) is 11.4. The Balaban J connectivity index is 2.29. The molecule has 0 aliphatic carbocycles. The quantitative estimate of drug-likeness (QED) is 0.669. The van der Waals surface area contributed by atoms with Crippen molar-refractivity contribution in [2.45, 2.75) is 18.0 Å². The van der Waals surface area contributed by atoms with Crippen LogP contribution in [0.3, 0.4) is 0 Å². The molecule has 28 heavy (non-hydrogen) atoms. The van der Waals surface area contributed by atoms with Gasteiger partial charge in [-0.2, -0.15) is 18.3 Å². The molecule has 146 valence electrons. The number of primary sulfonamides is 1. The Morgan fingerprint density at radius 1 is 1.04 bits per heavy atom. The van der Waals surface area contributed by atoms with Gasteiger partial charge in [-0.3, -0.25) is 4.79 Å². The third-order valence-electron chi connectivity index (χ3n) is 4.04. The molecule has 10 heteroatoms. The Bertz CT molecular complexity index is 1130. The van der Waals surface area contributed by atoms with E-state index in [2.05, 4.69) is 5.10 Å². The van der Waals surface area contributed by atoms with Gasteiger partial charge in [0.15, 0.2) is 12.0 Å². The Morgan fingerprint density at radius 2 is 1.61 bits per heavy atom. The van der Waals surface area contributed by atoms with Gasteiger partial charge in [-0.1, -0.05) is 29.8 Å². The highest BCUT2D eigenvalue weighted by Crippen LogP contribution is 2.37. The molecule has 0 radical (unpaired) electrons. The van der Waals surface area contributed by atoms with Crippen LogP contribution in [-0.2, 0) is 16.2 Å². The Hall–Kier alpha value is -2.98. The Morgan fingerprint density at radius 3 is 2.07 bits per heavy atom. The van der Waals surface area contributed by atoms with Gasteiger partial charge < -0.3 is 0 Å². The van der Waals surface area contributed by atoms with Crippen molar-refractivity contribution in [3.63, 3.8) is 0 Å². The molecule has 0 bridgehead atoms. The maximum absolute atomic E-state index is 13.4. The van der Waals surface area contributed by atoms with E-state index >= 15 is 0 Å². The van der Waals surface area contributed by atoms with Gasteiger partial charge in [0.1, 0.15) is 0 Å². The summed E-state index contributed by atoms with van der Waals surface area (Å²) in [5.41, 5.74) is -0.602. The highest BCUT2D eigenvalue weighted by molar-refractivity contribution is 7.89. The molecule has 3 aromatic rings. The summed E-state index contributed by atoms with van der Waals surface area (Å²) in [7, 11) is -3.97. The highest BCUT2D eigenvalue weighted by atomic mass is 32.2. The molecule has 0 unspecified atom stereocenters. The van der Waals surface area contributed by atoms with E-state index in [1.54, 1.807) is 24.3 Å². The molecular weight excluding hydrogens is 395 g/mol. The number of hydrogen-bond acceptors (Lipinski definition) is 4. The van der Waals surface area contributed by atoms with Crippen LogP contribution in [0.4, 0.5) is 13.2 Å². The number of aldehydes is 1. The van der Waals surface area contributed by atoms with Crippen molar-refractivity contribution in [2.24, 2.45) is 5.14 Å². The van der Waals surface area contributed by atoms with Gasteiger partial charge in [-0.05, 0) is 31.2 Å². The summed E-state index contributed by atoms with van der Waals surface area (Å²) >= 11 is 0. The fourth-order valence-corrected chi connectivity index (χ4v) is 3.22. The third kappa shape index (κ3) is 3.69. The molecule has 6 nitrogen and oxygen atoms in total. The van der Waals surface area contributed by atoms with Crippen LogP contribution >= 0.6 is 0 Å². The molecule has 0 aliphatic rings. The van der Waals surface area contributed by atoms with Gasteiger partial charge in [0.05, 0.1) is 21.8 Å². The molecule has 1 aromatic heterocycles. The number of halogens is 3. The molecule has 0 aliphatic heterocycles. The van der Waals surface area contributed by atoms with E-state index in [1.807, 2.05) is 6.92 Å². The van der Waals surface area contributed by atoms with Gasteiger partial charge in [0, 0.05) is 5.56 Å². The lowest BCUT2D eigenvalue weighted by atomic mass is 10.0. The standard InChI is InChI=1S/C18H14F3N3O3S/c1-11-2-4-12(5-3-11)16-15(10-25)17(18(19,20)21)23-24(16)13-6-8-14(9-7-13)28(22,26)27/h2-10H,1H3,(H2,22,26,27). The molecule has 0 saturated carbocycles. The van der Waals surface area contributed by atoms with Gasteiger partial charge in [0.2, 0.25) is 10.0 Å². The van der Waals surface area contributed by atoms with Crippen LogP contribution in [-0.4, -0.2) is 24.5 Å². The van der Waals surface area contributed by atoms with E-state index in [4.69, 9.17) is 5.14 Å². The zero-order valence-electron chi connectivity index (χ0n) is 14.4. The number of aromatic nitrogens is 2. The summed E-state index contributed by atoms with van der Waals surface area (Å²) in [5, 5.41) is 8.64. The average molecular weight is 409 g/mol. The maximum atomic E-state index is 13.4. The zero-order chi connectivity index (χ0) is 20.7. The SMILES string of the molecule is Cc1ccc(-c2c(C=O)c(C(F)(F)F)nn2-c2ccc(S(N)(=O)=O)cc2)cc1. The first-order valence-electron chi connectivity index (χ1n) is 7.88. The zero-order valence-corrected chi connectivity index (χ0v) is 15.3. The van der Waals surface area contributed by atoms with Crippen LogP contribution in [0.15, 0.2) is 53.4 Å². The Kier molecular flexibility index (Phi) is 4.86. The smallest absolute Gasteiger partial charge is 0.298 e. The average Bonchev–Trinajstić information content (AvgIpc) is 3.01. The van der Waals surface area contributed by atoms with Crippen molar-refractivity contribution < 1.29 is 26.4 Å². The van der Waals surface area contributed by atoms with E-state index in [9.17, 15) is 26.4 Å². The molecule has 0 saturated heterocycles. The minimum atomic E-state index is -4.85. The monoisotopic (exact) mass is 409 g/mol. The molecular formula is C18H14F3N3O3S. The van der Waals surface area contributed by atoms with Crippen molar-refractivity contribution in [3.05, 3.63) is 65.4 Å². The van der Waals surface area contributed by atoms with E-state index < -0.39 is 27.5 Å². The molecule has 2 aromatic carbocycles. The van der Waals surface area contributed by atoms with Gasteiger partial charge in [-0.15, -0.1) is 0 Å². The molecule has 2 N–H and O–H groups in total. The highest BCUT2D eigenvalue weighted by Gasteiger charge is 2.39. The lowest BCUT2D eigenvalue weighted by molar-refractivity contribution is -0.141. The number of hydrogen-bond donors (Lipinski definition) is 1. The number of nitrogens with zero attached hydrogens (tertiary/aromatic N) is 2. The van der Waals surface area contributed by atoms with E-state index in [0.717, 1.165) is 22.4 Å². The van der Waals surface area contributed by atoms with Gasteiger partial charge in [0.25, 0.3) is 0 Å². The molecule has 1 heterocycles. The number of carbonyl (C=O) groups excluding carboxylic acids is 1. The van der Waals surface area contributed by atoms with Crippen molar-refractivity contribution in [3.8, 4) is 16.9 Å². The van der Waals surface area contributed by atoms with E-state index in [-0.39, 0.29) is 22.6 Å². The minimum absolute atomic E-state index is 0.0503. The van der Waals surface area contributed by atoms with Gasteiger partial charge >= 0.3 is 6.18 Å². The summed E-state index contributed by atoms with van der Waals surface area (Å²) in [5.74, 6) is 0. The lowest BCUT2D eigenvalue weighted by Gasteiger charge is -2.09. The molecule has 0 fully saturated rings. The van der Waals surface area contributed by atoms with Crippen LogP contribution in [0.25, 0.3) is 16.9 Å². The lowest BCUT2D eigenvalue weighted by Crippen LogP contribution is -2.12. The normalized spacial score (nSPS) is 12.2. The molecule has 0 atom stereocenters. The minimum Gasteiger partial charge on any atom is -0.298 e. The first kappa shape index (κ1) is 19.8. The second-order valence-corrected chi connectivity index (χ2v) is 7.60.